The van der Waals surface area contributed by atoms with Gasteiger partial charge in [0.1, 0.15) is 5.75 Å². The summed E-state index contributed by atoms with van der Waals surface area (Å²) in [5, 5.41) is 3.06. The molecule has 3 rings (SSSR count). The normalized spacial score (nSPS) is 15.9. The number of nitrogens with one attached hydrogen (secondary N) is 1. The van der Waals surface area contributed by atoms with E-state index in [0.29, 0.717) is 43.3 Å². The third kappa shape index (κ3) is 6.13. The molecule has 2 aromatic rings. The average Bonchev–Trinajstić information content (AvgIpc) is 2.79. The number of nitrogens with zero attached hydrogens (tertiary/aromatic N) is 1. The molecular formula is C25H34N2O5S. The molecule has 0 aliphatic carbocycles. The maximum atomic E-state index is 12.8. The molecule has 1 unspecified atom stereocenters. The molecule has 1 amide bonds. The Balaban J connectivity index is 1.69. The van der Waals surface area contributed by atoms with Crippen molar-refractivity contribution in [3.8, 4) is 5.75 Å². The van der Waals surface area contributed by atoms with Gasteiger partial charge in [0.05, 0.1) is 32.1 Å². The minimum Gasteiger partial charge on any atom is -0.496 e. The topological polar surface area (TPSA) is 84.9 Å². The van der Waals surface area contributed by atoms with Crippen molar-refractivity contribution in [3.05, 3.63) is 64.2 Å². The van der Waals surface area contributed by atoms with Crippen molar-refractivity contribution in [2.45, 2.75) is 45.4 Å². The van der Waals surface area contributed by atoms with Gasteiger partial charge in [0.25, 0.3) is 5.91 Å². The van der Waals surface area contributed by atoms with Gasteiger partial charge in [-0.1, -0.05) is 26.0 Å². The van der Waals surface area contributed by atoms with Crippen LogP contribution < -0.4 is 10.1 Å². The van der Waals surface area contributed by atoms with Gasteiger partial charge in [-0.25, -0.2) is 8.42 Å². The largest absolute Gasteiger partial charge is 0.496 e. The first-order valence-corrected chi connectivity index (χ1v) is 12.9. The third-order valence-corrected chi connectivity index (χ3v) is 7.83. The van der Waals surface area contributed by atoms with Crippen LogP contribution in [0.2, 0.25) is 0 Å². The second-order valence-corrected chi connectivity index (χ2v) is 10.7. The summed E-state index contributed by atoms with van der Waals surface area (Å²) >= 11 is 0. The lowest BCUT2D eigenvalue weighted by Crippen LogP contribution is -2.41. The predicted molar refractivity (Wildman–Crippen MR) is 129 cm³/mol. The zero-order chi connectivity index (χ0) is 24.2. The number of rotatable bonds is 8. The molecule has 0 aromatic heterocycles. The van der Waals surface area contributed by atoms with E-state index in [2.05, 4.69) is 25.2 Å². The second kappa shape index (κ2) is 10.7. The first-order chi connectivity index (χ1) is 15.6. The zero-order valence-electron chi connectivity index (χ0n) is 20.1. The van der Waals surface area contributed by atoms with Crippen LogP contribution in [0.25, 0.3) is 0 Å². The van der Waals surface area contributed by atoms with E-state index in [-0.39, 0.29) is 17.7 Å². The number of aryl methyl sites for hydroxylation is 1. The van der Waals surface area contributed by atoms with Crippen molar-refractivity contribution in [1.29, 1.82) is 0 Å². The van der Waals surface area contributed by atoms with Gasteiger partial charge in [0.15, 0.2) is 0 Å². The van der Waals surface area contributed by atoms with E-state index in [4.69, 9.17) is 9.47 Å². The van der Waals surface area contributed by atoms with Crippen LogP contribution in [0, 0.1) is 6.92 Å². The fourth-order valence-electron chi connectivity index (χ4n) is 4.05. The van der Waals surface area contributed by atoms with Crippen LogP contribution in [-0.4, -0.2) is 52.0 Å². The lowest BCUT2D eigenvalue weighted by Gasteiger charge is -2.26. The van der Waals surface area contributed by atoms with Gasteiger partial charge in [-0.05, 0) is 66.3 Å². The van der Waals surface area contributed by atoms with Gasteiger partial charge >= 0.3 is 0 Å². The Bertz CT molecular complexity index is 1070. The number of morpholine rings is 1. The first kappa shape index (κ1) is 25.2. The molecule has 0 radical (unpaired) electrons. The molecule has 1 aliphatic rings. The van der Waals surface area contributed by atoms with Crippen molar-refractivity contribution >= 4 is 15.9 Å². The Morgan fingerprint density at radius 3 is 2.30 bits per heavy atom. The Morgan fingerprint density at radius 1 is 1.09 bits per heavy atom. The highest BCUT2D eigenvalue weighted by molar-refractivity contribution is 7.88. The molecule has 0 saturated carbocycles. The van der Waals surface area contributed by atoms with Crippen LogP contribution in [-0.2, 0) is 20.5 Å². The fraction of sp³-hybridized carbons (Fsp3) is 0.480. The molecule has 180 valence electrons. The minimum atomic E-state index is -3.40. The minimum absolute atomic E-state index is 0.0890. The molecule has 1 N–H and O–H groups in total. The molecule has 1 atom stereocenters. The van der Waals surface area contributed by atoms with Crippen LogP contribution in [0.15, 0.2) is 36.4 Å². The molecule has 0 bridgehead atoms. The van der Waals surface area contributed by atoms with E-state index in [1.54, 1.807) is 31.4 Å². The van der Waals surface area contributed by atoms with Crippen molar-refractivity contribution in [1.82, 2.24) is 9.62 Å². The molecule has 0 spiro atoms. The van der Waals surface area contributed by atoms with Gasteiger partial charge in [-0.3, -0.25) is 4.79 Å². The van der Waals surface area contributed by atoms with E-state index in [9.17, 15) is 13.2 Å². The Morgan fingerprint density at radius 2 is 1.73 bits per heavy atom. The quantitative estimate of drug-likeness (QED) is 0.629. The molecular weight excluding hydrogens is 440 g/mol. The number of methoxy groups -OCH3 is 1. The van der Waals surface area contributed by atoms with Gasteiger partial charge in [0.2, 0.25) is 10.0 Å². The highest BCUT2D eigenvalue weighted by Crippen LogP contribution is 2.32. The van der Waals surface area contributed by atoms with Crippen molar-refractivity contribution in [2.75, 3.05) is 33.4 Å². The number of benzene rings is 2. The van der Waals surface area contributed by atoms with Gasteiger partial charge < -0.3 is 14.8 Å². The molecule has 1 aliphatic heterocycles. The van der Waals surface area contributed by atoms with Crippen LogP contribution in [0.3, 0.4) is 0 Å². The molecule has 33 heavy (non-hydrogen) atoms. The number of hydrogen-bond acceptors (Lipinski definition) is 5. The molecule has 7 nitrogen and oxygen atoms in total. The summed E-state index contributed by atoms with van der Waals surface area (Å²) in [7, 11) is -1.74. The number of sulfonamides is 1. The number of carbonyl (C=O) groups is 1. The predicted octanol–water partition coefficient (Wildman–Crippen LogP) is 3.78. The van der Waals surface area contributed by atoms with Crippen LogP contribution >= 0.6 is 0 Å². The summed E-state index contributed by atoms with van der Waals surface area (Å²) in [6.45, 7) is 9.79. The molecule has 8 heteroatoms. The van der Waals surface area contributed by atoms with E-state index in [0.717, 1.165) is 22.4 Å². The Hall–Kier alpha value is -2.42. The summed E-state index contributed by atoms with van der Waals surface area (Å²) in [6.07, 6.45) is 0. The van der Waals surface area contributed by atoms with Crippen LogP contribution in [0.4, 0.5) is 0 Å². The summed E-state index contributed by atoms with van der Waals surface area (Å²) < 4.78 is 37.4. The van der Waals surface area contributed by atoms with E-state index >= 15 is 0 Å². The first-order valence-electron chi connectivity index (χ1n) is 11.3. The molecule has 1 fully saturated rings. The zero-order valence-corrected chi connectivity index (χ0v) is 20.9. The van der Waals surface area contributed by atoms with Crippen molar-refractivity contribution in [3.63, 3.8) is 0 Å². The average molecular weight is 475 g/mol. The van der Waals surface area contributed by atoms with Gasteiger partial charge in [0, 0.05) is 18.7 Å². The number of amides is 1. The second-order valence-electron chi connectivity index (χ2n) is 8.77. The standard InChI is InChI=1S/C25H34N2O5S/c1-17(2)22-15-23(18(3)14-24(22)31-5)19(4)26-25(28)21-8-6-20(7-9-21)16-33(29,30)27-10-12-32-13-11-27/h6-9,14-15,17,19H,10-13,16H2,1-5H3,(H,26,28). The summed E-state index contributed by atoms with van der Waals surface area (Å²) in [5.41, 5.74) is 4.34. The van der Waals surface area contributed by atoms with Gasteiger partial charge in [-0.15, -0.1) is 0 Å². The third-order valence-electron chi connectivity index (χ3n) is 5.98. The smallest absolute Gasteiger partial charge is 0.251 e. The lowest BCUT2D eigenvalue weighted by atomic mass is 9.93. The number of ether oxygens (including phenoxy) is 2. The highest BCUT2D eigenvalue weighted by atomic mass is 32.2. The van der Waals surface area contributed by atoms with E-state index in [1.807, 2.05) is 19.9 Å². The highest BCUT2D eigenvalue weighted by Gasteiger charge is 2.24. The number of carbonyl (C=O) groups excluding carboxylic acids is 1. The van der Waals surface area contributed by atoms with E-state index in [1.165, 1.54) is 4.31 Å². The van der Waals surface area contributed by atoms with Crippen molar-refractivity contribution in [2.24, 2.45) is 0 Å². The maximum absolute atomic E-state index is 12.8. The van der Waals surface area contributed by atoms with Gasteiger partial charge in [-0.2, -0.15) is 4.31 Å². The maximum Gasteiger partial charge on any atom is 0.251 e. The Kier molecular flexibility index (Phi) is 8.15. The molecule has 1 heterocycles. The summed E-state index contributed by atoms with van der Waals surface area (Å²) in [5.74, 6) is 0.858. The fourth-order valence-corrected chi connectivity index (χ4v) is 5.55. The van der Waals surface area contributed by atoms with Crippen molar-refractivity contribution < 1.29 is 22.7 Å². The van der Waals surface area contributed by atoms with Crippen LogP contribution in [0.1, 0.15) is 65.3 Å². The summed E-state index contributed by atoms with van der Waals surface area (Å²) in [4.78, 5) is 12.8. The van der Waals surface area contributed by atoms with E-state index < -0.39 is 10.0 Å². The summed E-state index contributed by atoms with van der Waals surface area (Å²) in [6, 6.07) is 10.7. The monoisotopic (exact) mass is 474 g/mol. The lowest BCUT2D eigenvalue weighted by molar-refractivity contribution is 0.0729. The number of hydrogen-bond donors (Lipinski definition) is 1. The van der Waals surface area contributed by atoms with Crippen LogP contribution in [0.5, 0.6) is 5.75 Å². The Labute approximate surface area is 197 Å². The molecule has 2 aromatic carbocycles. The molecule has 1 saturated heterocycles. The SMILES string of the molecule is COc1cc(C)c(C(C)NC(=O)c2ccc(CS(=O)(=O)N3CCOCC3)cc2)cc1C(C)C.